The number of benzene rings is 2. The quantitative estimate of drug-likeness (QED) is 0.316. The smallest absolute Gasteiger partial charge is 0.254 e. The van der Waals surface area contributed by atoms with Gasteiger partial charge in [0.25, 0.3) is 4.91 Å². The third-order valence-corrected chi connectivity index (χ3v) is 8.69. The number of allylic oxidation sites excluding steroid dienone is 2. The highest BCUT2D eigenvalue weighted by atomic mass is 32.2. The van der Waals surface area contributed by atoms with Gasteiger partial charge >= 0.3 is 0 Å². The number of rotatable bonds is 8. The van der Waals surface area contributed by atoms with E-state index in [1.165, 1.54) is 16.5 Å². The zero-order valence-electron chi connectivity index (χ0n) is 19.9. The normalized spacial score (nSPS) is 17.2. The molecule has 3 N–H and O–H groups in total. The van der Waals surface area contributed by atoms with Crippen LogP contribution in [0.2, 0.25) is 0 Å². The van der Waals surface area contributed by atoms with Crippen molar-refractivity contribution in [1.82, 2.24) is 9.62 Å². The monoisotopic (exact) mass is 510 g/mol. The summed E-state index contributed by atoms with van der Waals surface area (Å²) in [6.07, 6.45) is -1.03. The number of thiophene rings is 1. The van der Waals surface area contributed by atoms with Crippen LogP contribution in [0.5, 0.6) is 0 Å². The lowest BCUT2D eigenvalue weighted by Crippen LogP contribution is -2.44. The molecule has 184 valence electrons. The lowest BCUT2D eigenvalue weighted by molar-refractivity contribution is 0.0989. The van der Waals surface area contributed by atoms with Gasteiger partial charge in [0.15, 0.2) is 6.07 Å². The van der Waals surface area contributed by atoms with E-state index in [0.717, 1.165) is 41.5 Å². The minimum absolute atomic E-state index is 0.0646. The number of piperazine rings is 1. The maximum absolute atomic E-state index is 12.5. The molecule has 2 heterocycles. The fourth-order valence-corrected chi connectivity index (χ4v) is 6.06. The molecular formula is C26H30N4O3S2. The number of aliphatic hydroxyl groups excluding tert-OH is 2. The van der Waals surface area contributed by atoms with E-state index in [1.807, 2.05) is 18.2 Å². The first kappa shape index (κ1) is 25.7. The molecule has 2 unspecified atom stereocenters. The summed E-state index contributed by atoms with van der Waals surface area (Å²) in [5.74, 6) is 0. The first-order chi connectivity index (χ1) is 16.9. The molecular weight excluding hydrogens is 480 g/mol. The van der Waals surface area contributed by atoms with Gasteiger partial charge in [-0.05, 0) is 60.6 Å². The van der Waals surface area contributed by atoms with Crippen LogP contribution in [0.25, 0.3) is 26.8 Å². The molecule has 0 aliphatic carbocycles. The predicted molar refractivity (Wildman–Crippen MR) is 144 cm³/mol. The highest BCUT2D eigenvalue weighted by Crippen LogP contribution is 2.35. The van der Waals surface area contributed by atoms with Crippen molar-refractivity contribution >= 4 is 44.7 Å². The number of nitriles is 1. The van der Waals surface area contributed by atoms with E-state index in [4.69, 9.17) is 5.11 Å². The van der Waals surface area contributed by atoms with Crippen LogP contribution in [-0.2, 0) is 11.4 Å². The summed E-state index contributed by atoms with van der Waals surface area (Å²) in [4.78, 5) is 6.82. The first-order valence-electron chi connectivity index (χ1n) is 11.5. The summed E-state index contributed by atoms with van der Waals surface area (Å²) in [7, 11) is 2.16. The van der Waals surface area contributed by atoms with Gasteiger partial charge in [-0.3, -0.25) is 0 Å². The Morgan fingerprint density at radius 1 is 1.14 bits per heavy atom. The second-order valence-corrected chi connectivity index (χ2v) is 11.0. The molecule has 0 spiro atoms. The number of anilines is 1. The minimum atomic E-state index is -1.77. The van der Waals surface area contributed by atoms with Gasteiger partial charge in [0.05, 0.1) is 30.6 Å². The van der Waals surface area contributed by atoms with Crippen LogP contribution in [0, 0.1) is 11.3 Å². The number of hydrogen-bond donors (Lipinski definition) is 3. The van der Waals surface area contributed by atoms with Crippen molar-refractivity contribution in [2.75, 3.05) is 51.3 Å². The summed E-state index contributed by atoms with van der Waals surface area (Å²) < 4.78 is 15.1. The second-order valence-electron chi connectivity index (χ2n) is 8.72. The molecule has 1 aliphatic heterocycles. The van der Waals surface area contributed by atoms with Gasteiger partial charge in [-0.2, -0.15) is 5.26 Å². The second kappa shape index (κ2) is 11.5. The van der Waals surface area contributed by atoms with Gasteiger partial charge in [0.2, 0.25) is 0 Å². The molecule has 1 saturated heterocycles. The molecule has 7 nitrogen and oxygen atoms in total. The Balaban J connectivity index is 1.53. The molecule has 1 fully saturated rings. The average molecular weight is 511 g/mol. The van der Waals surface area contributed by atoms with Crippen molar-refractivity contribution in [3.63, 3.8) is 0 Å². The predicted octanol–water partition coefficient (Wildman–Crippen LogP) is 3.18. The van der Waals surface area contributed by atoms with Crippen LogP contribution in [0.15, 0.2) is 53.4 Å². The molecule has 3 aromatic rings. The zero-order chi connectivity index (χ0) is 24.9. The molecule has 1 aromatic heterocycles. The molecule has 2 aromatic carbocycles. The zero-order valence-corrected chi connectivity index (χ0v) is 21.5. The van der Waals surface area contributed by atoms with Crippen LogP contribution in [0.4, 0.5) is 5.69 Å². The van der Waals surface area contributed by atoms with Crippen molar-refractivity contribution in [1.29, 1.82) is 5.26 Å². The summed E-state index contributed by atoms with van der Waals surface area (Å²) in [6.45, 7) is 5.50. The van der Waals surface area contributed by atoms with Gasteiger partial charge in [-0.25, -0.2) is 0 Å². The Morgan fingerprint density at radius 3 is 2.57 bits per heavy atom. The van der Waals surface area contributed by atoms with Crippen molar-refractivity contribution in [3.8, 4) is 16.5 Å². The van der Waals surface area contributed by atoms with E-state index in [-0.39, 0.29) is 11.4 Å². The molecule has 9 heteroatoms. The lowest BCUT2D eigenvalue weighted by Gasteiger charge is -2.34. The maximum Gasteiger partial charge on any atom is 0.254 e. The van der Waals surface area contributed by atoms with Crippen LogP contribution in [-0.4, -0.2) is 72.1 Å². The number of fused-ring (bicyclic) bond motifs is 1. The van der Waals surface area contributed by atoms with Crippen molar-refractivity contribution in [2.24, 2.45) is 0 Å². The van der Waals surface area contributed by atoms with E-state index < -0.39 is 24.1 Å². The minimum Gasteiger partial charge on any atom is -0.592 e. The number of hydrogen-bond acceptors (Lipinski definition) is 8. The summed E-state index contributed by atoms with van der Waals surface area (Å²) >= 11 is -0.228. The van der Waals surface area contributed by atoms with E-state index >= 15 is 0 Å². The van der Waals surface area contributed by atoms with E-state index in [0.29, 0.717) is 5.57 Å². The summed E-state index contributed by atoms with van der Waals surface area (Å²) in [5, 5.41) is 30.3. The number of nitrogens with one attached hydrogen (secondary N) is 1. The SMILES string of the molecule is C/C(=C(/C#N)[S+]([O-])NCC(O)CO)c1ccc(-c2ccc3cc(N4CCN(C)CC4)ccc3c2)s1. The molecule has 0 radical (unpaired) electrons. The highest BCUT2D eigenvalue weighted by molar-refractivity contribution is 7.93. The Kier molecular flexibility index (Phi) is 8.46. The standard InChI is InChI=1S/C26H30N4O3S2/c1-18(26(15-27)35(33)28-16-23(32)17-31)24-7-8-25(34-24)21-4-3-20-14-22(6-5-19(20)13-21)30-11-9-29(2)10-12-30/h3-8,13-14,23,28,31-32H,9-12,16-17H2,1-2H3/b26-18+. The van der Waals surface area contributed by atoms with Crippen LogP contribution >= 0.6 is 11.3 Å². The third kappa shape index (κ3) is 6.05. The van der Waals surface area contributed by atoms with E-state index in [2.05, 4.69) is 58.0 Å². The highest BCUT2D eigenvalue weighted by Gasteiger charge is 2.22. The molecule has 2 atom stereocenters. The average Bonchev–Trinajstić information content (AvgIpc) is 3.38. The Morgan fingerprint density at radius 2 is 1.86 bits per heavy atom. The molecule has 35 heavy (non-hydrogen) atoms. The maximum atomic E-state index is 12.5. The molecule has 0 amide bonds. The van der Waals surface area contributed by atoms with Gasteiger partial charge in [0, 0.05) is 47.2 Å². The van der Waals surface area contributed by atoms with Crippen molar-refractivity contribution < 1.29 is 14.8 Å². The first-order valence-corrected chi connectivity index (χ1v) is 13.5. The van der Waals surface area contributed by atoms with Crippen LogP contribution in [0.1, 0.15) is 11.8 Å². The van der Waals surface area contributed by atoms with Gasteiger partial charge in [-0.1, -0.05) is 18.2 Å². The molecule has 0 bridgehead atoms. The largest absolute Gasteiger partial charge is 0.592 e. The van der Waals surface area contributed by atoms with Gasteiger partial charge in [0.1, 0.15) is 0 Å². The number of aliphatic hydroxyl groups is 2. The van der Waals surface area contributed by atoms with Crippen molar-refractivity contribution in [3.05, 3.63) is 58.3 Å². The summed E-state index contributed by atoms with van der Waals surface area (Å²) in [5.41, 5.74) is 2.98. The van der Waals surface area contributed by atoms with Crippen LogP contribution in [0.3, 0.4) is 0 Å². The fourth-order valence-electron chi connectivity index (χ4n) is 4.03. The molecule has 1 aliphatic rings. The number of nitrogens with zero attached hydrogens (tertiary/aromatic N) is 3. The van der Waals surface area contributed by atoms with Gasteiger partial charge in [-0.15, -0.1) is 16.1 Å². The van der Waals surface area contributed by atoms with E-state index in [9.17, 15) is 14.9 Å². The Bertz CT molecular complexity index is 1240. The van der Waals surface area contributed by atoms with Gasteiger partial charge < -0.3 is 24.6 Å². The number of likely N-dealkylation sites (N-methyl/N-ethyl adjacent to an activating group) is 1. The Labute approximate surface area is 213 Å². The third-order valence-electron chi connectivity index (χ3n) is 6.24. The van der Waals surface area contributed by atoms with Crippen LogP contribution < -0.4 is 9.62 Å². The van der Waals surface area contributed by atoms with Crippen molar-refractivity contribution in [2.45, 2.75) is 13.0 Å². The summed E-state index contributed by atoms with van der Waals surface area (Å²) in [6, 6.07) is 19.1. The molecule has 0 saturated carbocycles. The molecule has 4 rings (SSSR count). The Hall–Kier alpha value is -2.42. The lowest BCUT2D eigenvalue weighted by atomic mass is 10.0. The topological polar surface area (TPSA) is 106 Å². The fraction of sp³-hybridized carbons (Fsp3) is 0.346. The van der Waals surface area contributed by atoms with E-state index in [1.54, 1.807) is 18.3 Å².